The topological polar surface area (TPSA) is 127 Å². The molecule has 0 spiro atoms. The van der Waals surface area contributed by atoms with Crippen molar-refractivity contribution in [2.24, 2.45) is 11.5 Å². The van der Waals surface area contributed by atoms with Crippen LogP contribution in [-0.2, 0) is 9.59 Å². The Kier molecular flexibility index (Phi) is 3.49. The quantitative estimate of drug-likeness (QED) is 0.386. The van der Waals surface area contributed by atoms with Crippen molar-refractivity contribution in [2.75, 3.05) is 0 Å². The Morgan fingerprint density at radius 3 is 1.55 bits per heavy atom. The van der Waals surface area contributed by atoms with Gasteiger partial charge in [-0.25, -0.2) is 0 Å². The van der Waals surface area contributed by atoms with Crippen molar-refractivity contribution in [3.8, 4) is 0 Å². The van der Waals surface area contributed by atoms with Crippen LogP contribution >= 0.6 is 0 Å². The average Bonchev–Trinajstić information content (AvgIpc) is 1.87. The third kappa shape index (κ3) is 3.54. The van der Waals surface area contributed by atoms with Crippen LogP contribution in [0.5, 0.6) is 0 Å². The predicted molar refractivity (Wildman–Crippen MR) is 35.8 cm³/mol. The Morgan fingerprint density at radius 2 is 1.36 bits per heavy atom. The molecule has 0 unspecified atom stereocenters. The molecule has 0 heterocycles. The molecular formula is C5H10N2O4. The first-order valence-corrected chi connectivity index (χ1v) is 2.92. The molecule has 0 amide bonds. The number of aliphatic carboxylic acids is 2. The number of hydrogen-bond acceptors (Lipinski definition) is 4. The first-order valence-electron chi connectivity index (χ1n) is 2.92. The van der Waals surface area contributed by atoms with E-state index in [2.05, 4.69) is 0 Å². The number of hydrogen-bond donors (Lipinski definition) is 4. The highest BCUT2D eigenvalue weighted by Gasteiger charge is 2.20. The highest BCUT2D eigenvalue weighted by Crippen LogP contribution is 1.93. The van der Waals surface area contributed by atoms with Crippen molar-refractivity contribution in [1.29, 1.82) is 0 Å². The van der Waals surface area contributed by atoms with Crippen molar-refractivity contribution < 1.29 is 19.8 Å². The molecule has 0 rings (SSSR count). The molecular weight excluding hydrogens is 152 g/mol. The Bertz CT molecular complexity index is 152. The van der Waals surface area contributed by atoms with E-state index in [4.69, 9.17) is 21.7 Å². The molecule has 0 fully saturated rings. The lowest BCUT2D eigenvalue weighted by Crippen LogP contribution is -2.41. The van der Waals surface area contributed by atoms with Gasteiger partial charge in [0.2, 0.25) is 0 Å². The van der Waals surface area contributed by atoms with E-state index < -0.39 is 24.0 Å². The minimum absolute atomic E-state index is 0.259. The molecule has 0 saturated carbocycles. The van der Waals surface area contributed by atoms with Gasteiger partial charge < -0.3 is 21.7 Å². The smallest absolute Gasteiger partial charge is 0.320 e. The van der Waals surface area contributed by atoms with Crippen molar-refractivity contribution in [1.82, 2.24) is 0 Å². The lowest BCUT2D eigenvalue weighted by atomic mass is 10.1. The molecule has 0 saturated heterocycles. The Labute approximate surface area is 62.8 Å². The van der Waals surface area contributed by atoms with Gasteiger partial charge in [0.1, 0.15) is 12.1 Å². The van der Waals surface area contributed by atoms with E-state index in [-0.39, 0.29) is 6.42 Å². The van der Waals surface area contributed by atoms with Crippen molar-refractivity contribution in [3.05, 3.63) is 0 Å². The van der Waals surface area contributed by atoms with Gasteiger partial charge >= 0.3 is 11.9 Å². The second kappa shape index (κ2) is 3.89. The lowest BCUT2D eigenvalue weighted by Gasteiger charge is -2.08. The van der Waals surface area contributed by atoms with Gasteiger partial charge in [-0.3, -0.25) is 9.59 Å². The van der Waals surface area contributed by atoms with Crippen LogP contribution in [0.1, 0.15) is 6.42 Å². The van der Waals surface area contributed by atoms with Gasteiger partial charge in [-0.15, -0.1) is 0 Å². The molecule has 0 aliphatic rings. The molecule has 0 aliphatic carbocycles. The highest BCUT2D eigenvalue weighted by atomic mass is 16.4. The maximum absolute atomic E-state index is 10.1. The van der Waals surface area contributed by atoms with E-state index in [1.165, 1.54) is 0 Å². The van der Waals surface area contributed by atoms with Gasteiger partial charge in [0, 0.05) is 0 Å². The minimum Gasteiger partial charge on any atom is -0.480 e. The molecule has 0 aromatic rings. The second-order valence-electron chi connectivity index (χ2n) is 2.13. The minimum atomic E-state index is -1.25. The molecule has 0 aromatic heterocycles. The fraction of sp³-hybridized carbons (Fsp3) is 0.600. The van der Waals surface area contributed by atoms with Gasteiger partial charge in [0.05, 0.1) is 0 Å². The van der Waals surface area contributed by atoms with Crippen LogP contribution in [0.3, 0.4) is 0 Å². The first kappa shape index (κ1) is 9.86. The summed E-state index contributed by atoms with van der Waals surface area (Å²) in [6.45, 7) is 0. The zero-order valence-corrected chi connectivity index (χ0v) is 5.73. The summed E-state index contributed by atoms with van der Waals surface area (Å²) in [5.74, 6) is -2.50. The zero-order valence-electron chi connectivity index (χ0n) is 5.73. The lowest BCUT2D eigenvalue weighted by molar-refractivity contribution is -0.140. The summed E-state index contributed by atoms with van der Waals surface area (Å²) in [6, 6.07) is -2.41. The van der Waals surface area contributed by atoms with Gasteiger partial charge in [-0.1, -0.05) is 0 Å². The molecule has 11 heavy (non-hydrogen) atoms. The monoisotopic (exact) mass is 162 g/mol. The predicted octanol–water partition coefficient (Wildman–Crippen LogP) is -1.80. The molecule has 6 heteroatoms. The molecule has 0 aromatic carbocycles. The van der Waals surface area contributed by atoms with Crippen molar-refractivity contribution in [3.63, 3.8) is 0 Å². The van der Waals surface area contributed by atoms with Crippen LogP contribution < -0.4 is 11.5 Å². The number of carbonyl (C=O) groups is 2. The van der Waals surface area contributed by atoms with Crippen LogP contribution in [-0.4, -0.2) is 34.2 Å². The Morgan fingerprint density at radius 1 is 1.09 bits per heavy atom. The Hall–Kier alpha value is -1.14. The zero-order chi connectivity index (χ0) is 9.02. The number of nitrogens with two attached hydrogens (primary N) is 2. The SMILES string of the molecule is N[C@H](C[C@@H](N)C(=O)O)C(=O)O. The molecule has 6 nitrogen and oxygen atoms in total. The first-order chi connectivity index (χ1) is 4.95. The number of carboxylic acid groups (broad SMARTS) is 2. The third-order valence-corrected chi connectivity index (χ3v) is 1.14. The van der Waals surface area contributed by atoms with Crippen LogP contribution in [0, 0.1) is 0 Å². The molecule has 0 radical (unpaired) electrons. The van der Waals surface area contributed by atoms with Gasteiger partial charge in [-0.05, 0) is 6.42 Å². The van der Waals surface area contributed by atoms with Crippen LogP contribution in [0.25, 0.3) is 0 Å². The maximum atomic E-state index is 10.1. The molecule has 0 aliphatic heterocycles. The fourth-order valence-electron chi connectivity index (χ4n) is 0.475. The summed E-state index contributed by atoms with van der Waals surface area (Å²) in [5, 5.41) is 16.5. The summed E-state index contributed by atoms with van der Waals surface area (Å²) in [5.41, 5.74) is 10.0. The summed E-state index contributed by atoms with van der Waals surface area (Å²) in [6.07, 6.45) is -0.259. The average molecular weight is 162 g/mol. The summed E-state index contributed by atoms with van der Waals surface area (Å²) >= 11 is 0. The van der Waals surface area contributed by atoms with Gasteiger partial charge in [0.25, 0.3) is 0 Å². The van der Waals surface area contributed by atoms with Crippen molar-refractivity contribution in [2.45, 2.75) is 18.5 Å². The Balaban J connectivity index is 3.84. The fourth-order valence-corrected chi connectivity index (χ4v) is 0.475. The van der Waals surface area contributed by atoms with E-state index >= 15 is 0 Å². The van der Waals surface area contributed by atoms with Gasteiger partial charge in [0.15, 0.2) is 0 Å². The van der Waals surface area contributed by atoms with E-state index in [1.807, 2.05) is 0 Å². The number of carboxylic acids is 2. The molecule has 6 N–H and O–H groups in total. The maximum Gasteiger partial charge on any atom is 0.320 e. The normalized spacial score (nSPS) is 15.5. The van der Waals surface area contributed by atoms with E-state index in [9.17, 15) is 9.59 Å². The van der Waals surface area contributed by atoms with Gasteiger partial charge in [-0.2, -0.15) is 0 Å². The summed E-state index contributed by atoms with van der Waals surface area (Å²) in [7, 11) is 0. The number of rotatable bonds is 4. The van der Waals surface area contributed by atoms with E-state index in [0.717, 1.165) is 0 Å². The second-order valence-corrected chi connectivity index (χ2v) is 2.13. The van der Waals surface area contributed by atoms with Crippen LogP contribution in [0.2, 0.25) is 0 Å². The summed E-state index contributed by atoms with van der Waals surface area (Å²) in [4.78, 5) is 20.2. The van der Waals surface area contributed by atoms with E-state index in [1.54, 1.807) is 0 Å². The largest absolute Gasteiger partial charge is 0.480 e. The third-order valence-electron chi connectivity index (χ3n) is 1.14. The highest BCUT2D eigenvalue weighted by molar-refractivity contribution is 5.77. The standard InChI is InChI=1S/C5H10N2O4/c6-2(4(8)9)1-3(7)5(10)11/h2-3H,1,6-7H2,(H,8,9)(H,10,11)/t2-,3-/m1/s1. The van der Waals surface area contributed by atoms with Crippen LogP contribution in [0.15, 0.2) is 0 Å². The molecule has 2 atom stereocenters. The van der Waals surface area contributed by atoms with E-state index in [0.29, 0.717) is 0 Å². The molecule has 64 valence electrons. The van der Waals surface area contributed by atoms with Crippen LogP contribution in [0.4, 0.5) is 0 Å². The summed E-state index contributed by atoms with van der Waals surface area (Å²) < 4.78 is 0. The van der Waals surface area contributed by atoms with Crippen molar-refractivity contribution >= 4 is 11.9 Å². The molecule has 0 bridgehead atoms.